The number of anilines is 3. The van der Waals surface area contributed by atoms with Gasteiger partial charge in [-0.15, -0.1) is 0 Å². The molecule has 2 aromatic heterocycles. The average Bonchev–Trinajstić information content (AvgIpc) is 3.97. The van der Waals surface area contributed by atoms with Crippen molar-refractivity contribution in [2.24, 2.45) is 0 Å². The van der Waals surface area contributed by atoms with E-state index in [1.165, 1.54) is 54.3 Å². The molecule has 0 aliphatic rings. The van der Waals surface area contributed by atoms with Crippen LogP contribution in [0.25, 0.3) is 115 Å². The number of nitrogens with zero attached hydrogens (tertiary/aromatic N) is 2. The Balaban J connectivity index is 0.871. The van der Waals surface area contributed by atoms with Gasteiger partial charge in [0.15, 0.2) is 0 Å². The molecule has 14 aromatic rings. The number of hydrogen-bond donors (Lipinski definition) is 0. The van der Waals surface area contributed by atoms with Gasteiger partial charge < -0.3 is 13.9 Å². The molecule has 12 aromatic carbocycles. The van der Waals surface area contributed by atoms with Gasteiger partial charge in [-0.3, -0.25) is 0 Å². The first kappa shape index (κ1) is 39.0. The van der Waals surface area contributed by atoms with E-state index in [2.05, 4.69) is 264 Å². The summed E-state index contributed by atoms with van der Waals surface area (Å²) in [6.45, 7) is 0. The molecule has 0 atom stereocenters. The van der Waals surface area contributed by atoms with Crippen LogP contribution < -0.4 is 4.90 Å². The normalized spacial score (nSPS) is 11.8. The molecule has 0 aliphatic carbocycles. The van der Waals surface area contributed by atoms with E-state index in [0.717, 1.165) is 77.9 Å². The number of para-hydroxylation sites is 3. The van der Waals surface area contributed by atoms with Gasteiger partial charge in [-0.05, 0) is 134 Å². The van der Waals surface area contributed by atoms with Gasteiger partial charge in [0.25, 0.3) is 0 Å². The Kier molecular flexibility index (Phi) is 8.90. The lowest BCUT2D eigenvalue weighted by Gasteiger charge is -2.28. The van der Waals surface area contributed by atoms with Crippen LogP contribution in [0, 0.1) is 0 Å². The molecule has 0 saturated carbocycles. The summed E-state index contributed by atoms with van der Waals surface area (Å²) in [5.41, 5.74) is 15.5. The molecule has 322 valence electrons. The fourth-order valence-corrected chi connectivity index (χ4v) is 10.8. The average molecular weight is 879 g/mol. The van der Waals surface area contributed by atoms with Crippen LogP contribution in [0.15, 0.2) is 259 Å². The van der Waals surface area contributed by atoms with Crippen molar-refractivity contribution in [3.8, 4) is 39.1 Å². The molecule has 3 heteroatoms. The van der Waals surface area contributed by atoms with Crippen LogP contribution >= 0.6 is 0 Å². The summed E-state index contributed by atoms with van der Waals surface area (Å²) in [4.78, 5) is 2.40. The summed E-state index contributed by atoms with van der Waals surface area (Å²) in [6.07, 6.45) is 0. The largest absolute Gasteiger partial charge is 0.455 e. The second-order valence-corrected chi connectivity index (χ2v) is 18.1. The summed E-state index contributed by atoms with van der Waals surface area (Å²) >= 11 is 0. The Morgan fingerprint density at radius 1 is 0.304 bits per heavy atom. The van der Waals surface area contributed by atoms with Gasteiger partial charge in [-0.2, -0.15) is 0 Å². The van der Waals surface area contributed by atoms with Crippen LogP contribution in [0.2, 0.25) is 0 Å². The number of furan rings is 1. The van der Waals surface area contributed by atoms with Crippen LogP contribution in [0.5, 0.6) is 0 Å². The minimum Gasteiger partial charge on any atom is -0.455 e. The van der Waals surface area contributed by atoms with Crippen molar-refractivity contribution in [3.05, 3.63) is 255 Å². The van der Waals surface area contributed by atoms with Crippen LogP contribution in [0.1, 0.15) is 0 Å². The number of rotatable bonds is 7. The van der Waals surface area contributed by atoms with Gasteiger partial charge in [0.2, 0.25) is 0 Å². The zero-order valence-corrected chi connectivity index (χ0v) is 37.6. The van der Waals surface area contributed by atoms with Crippen molar-refractivity contribution in [1.29, 1.82) is 0 Å². The highest BCUT2D eigenvalue weighted by atomic mass is 16.3. The van der Waals surface area contributed by atoms with E-state index in [9.17, 15) is 0 Å². The lowest BCUT2D eigenvalue weighted by Crippen LogP contribution is -2.11. The number of fused-ring (bicyclic) bond motifs is 11. The third kappa shape index (κ3) is 6.43. The SMILES string of the molecule is c1cc(-c2ccc(N(c3ccc(-c4ccc5c(c4)oc4c6ccccc6ccc54)cc3)c3ccccc3-c3ccc4c(ccc5ccccc54)c3)cc2)cc(-n2c3ccccc3c3ccccc32)c1. The molecule has 0 fully saturated rings. The van der Waals surface area contributed by atoms with E-state index >= 15 is 0 Å². The molecule has 3 nitrogen and oxygen atoms in total. The predicted octanol–water partition coefficient (Wildman–Crippen LogP) is 18.6. The summed E-state index contributed by atoms with van der Waals surface area (Å²) in [7, 11) is 0. The quantitative estimate of drug-likeness (QED) is 0.149. The first-order chi connectivity index (χ1) is 34.2. The maximum atomic E-state index is 6.60. The maximum Gasteiger partial charge on any atom is 0.143 e. The molecule has 14 rings (SSSR count). The van der Waals surface area contributed by atoms with E-state index in [1.807, 2.05) is 0 Å². The lowest BCUT2D eigenvalue weighted by molar-refractivity contribution is 0.673. The Bertz CT molecular complexity index is 4260. The molecule has 0 saturated heterocycles. The Hall–Kier alpha value is -9.18. The number of aromatic nitrogens is 1. The minimum atomic E-state index is 0.891. The van der Waals surface area contributed by atoms with E-state index in [0.29, 0.717) is 0 Å². The van der Waals surface area contributed by atoms with Gasteiger partial charge in [0.1, 0.15) is 11.2 Å². The van der Waals surface area contributed by atoms with Crippen molar-refractivity contribution in [3.63, 3.8) is 0 Å². The van der Waals surface area contributed by atoms with Crippen LogP contribution in [-0.4, -0.2) is 4.57 Å². The van der Waals surface area contributed by atoms with Crippen LogP contribution in [0.3, 0.4) is 0 Å². The molecule has 0 radical (unpaired) electrons. The first-order valence-electron chi connectivity index (χ1n) is 23.6. The summed E-state index contributed by atoms with van der Waals surface area (Å²) in [5.74, 6) is 0. The minimum absolute atomic E-state index is 0.891. The zero-order chi connectivity index (χ0) is 45.4. The Morgan fingerprint density at radius 3 is 1.57 bits per heavy atom. The van der Waals surface area contributed by atoms with Gasteiger partial charge in [0, 0.05) is 49.6 Å². The van der Waals surface area contributed by atoms with E-state index in [1.54, 1.807) is 0 Å². The molecule has 2 heterocycles. The second-order valence-electron chi connectivity index (χ2n) is 18.1. The van der Waals surface area contributed by atoms with Gasteiger partial charge in [0.05, 0.1) is 16.7 Å². The van der Waals surface area contributed by atoms with Crippen molar-refractivity contribution in [2.75, 3.05) is 4.90 Å². The highest BCUT2D eigenvalue weighted by molar-refractivity contribution is 6.15. The molecule has 69 heavy (non-hydrogen) atoms. The smallest absolute Gasteiger partial charge is 0.143 e. The standard InChI is InChI=1S/C66H42N2O/c1-3-16-54-45(12-1)24-25-49-40-50(32-37-55(49)54)56-17-5-8-21-62(56)67(52-35-28-44(29-36-52)48-31-38-60-61-39-30-46-13-2-4-18-57(46)66(61)69-65(60)42-48)51-33-26-43(27-34-51)47-14-11-15-53(41-47)68-63-22-9-6-19-58(63)59-20-7-10-23-64(59)68/h1-42H. The first-order valence-corrected chi connectivity index (χ1v) is 23.6. The number of benzene rings is 12. The molecular weight excluding hydrogens is 837 g/mol. The lowest BCUT2D eigenvalue weighted by atomic mass is 9.96. The predicted molar refractivity (Wildman–Crippen MR) is 292 cm³/mol. The van der Waals surface area contributed by atoms with Gasteiger partial charge in [-0.25, -0.2) is 0 Å². The topological polar surface area (TPSA) is 21.3 Å². The monoisotopic (exact) mass is 878 g/mol. The second kappa shape index (κ2) is 15.7. The Labute approximate surface area is 399 Å². The summed E-state index contributed by atoms with van der Waals surface area (Å²) in [6, 6.07) is 92.5. The zero-order valence-electron chi connectivity index (χ0n) is 37.6. The summed E-state index contributed by atoms with van der Waals surface area (Å²) < 4.78 is 8.99. The number of hydrogen-bond acceptors (Lipinski definition) is 2. The van der Waals surface area contributed by atoms with Gasteiger partial charge >= 0.3 is 0 Å². The summed E-state index contributed by atoms with van der Waals surface area (Å²) in [5, 5.41) is 12.1. The highest BCUT2D eigenvalue weighted by Gasteiger charge is 2.19. The third-order valence-electron chi connectivity index (χ3n) is 14.2. The highest BCUT2D eigenvalue weighted by Crippen LogP contribution is 2.44. The fourth-order valence-electron chi connectivity index (χ4n) is 10.8. The van der Waals surface area contributed by atoms with Crippen LogP contribution in [0.4, 0.5) is 17.1 Å². The molecule has 0 bridgehead atoms. The van der Waals surface area contributed by atoms with Crippen molar-refractivity contribution < 1.29 is 4.42 Å². The molecule has 0 unspecified atom stereocenters. The Morgan fingerprint density at radius 2 is 0.826 bits per heavy atom. The fraction of sp³-hybridized carbons (Fsp3) is 0. The molecule has 0 spiro atoms. The van der Waals surface area contributed by atoms with Crippen molar-refractivity contribution in [2.45, 2.75) is 0 Å². The molecule has 0 N–H and O–H groups in total. The van der Waals surface area contributed by atoms with Gasteiger partial charge in [-0.1, -0.05) is 176 Å². The molecule has 0 aliphatic heterocycles. The van der Waals surface area contributed by atoms with Crippen molar-refractivity contribution in [1.82, 2.24) is 4.57 Å². The van der Waals surface area contributed by atoms with E-state index < -0.39 is 0 Å². The molecular formula is C66H42N2O. The maximum absolute atomic E-state index is 6.60. The van der Waals surface area contributed by atoms with Crippen molar-refractivity contribution >= 4 is 93.1 Å². The van der Waals surface area contributed by atoms with Crippen LogP contribution in [-0.2, 0) is 0 Å². The third-order valence-corrected chi connectivity index (χ3v) is 14.2. The molecule has 0 amide bonds. The van der Waals surface area contributed by atoms with E-state index in [-0.39, 0.29) is 0 Å². The van der Waals surface area contributed by atoms with E-state index in [4.69, 9.17) is 4.42 Å².